The average Bonchev–Trinajstić information content (AvgIpc) is 2.53. The summed E-state index contributed by atoms with van der Waals surface area (Å²) in [5.41, 5.74) is 3.18. The summed E-state index contributed by atoms with van der Waals surface area (Å²) >= 11 is 0. The Hall–Kier alpha value is -2.62. The van der Waals surface area contributed by atoms with Crippen LogP contribution in [0.5, 0.6) is 0 Å². The van der Waals surface area contributed by atoms with Crippen molar-refractivity contribution in [2.24, 2.45) is 0 Å². The Morgan fingerprint density at radius 1 is 1.12 bits per heavy atom. The van der Waals surface area contributed by atoms with Gasteiger partial charge in [-0.15, -0.1) is 0 Å². The summed E-state index contributed by atoms with van der Waals surface area (Å²) in [6.07, 6.45) is 3.76. The van der Waals surface area contributed by atoms with Crippen LogP contribution < -0.4 is 5.32 Å². The van der Waals surface area contributed by atoms with Gasteiger partial charge in [0.15, 0.2) is 0 Å². The van der Waals surface area contributed by atoms with Crippen molar-refractivity contribution in [3.05, 3.63) is 65.2 Å². The third kappa shape index (κ3) is 3.48. The third-order valence-electron chi connectivity index (χ3n) is 4.76. The van der Waals surface area contributed by atoms with Crippen molar-refractivity contribution in [1.82, 2.24) is 0 Å². The fraction of sp³-hybridized carbons (Fsp3) is 0.300. The maximum atomic E-state index is 12.4. The van der Waals surface area contributed by atoms with Crippen molar-refractivity contribution < 1.29 is 14.7 Å². The highest BCUT2D eigenvalue weighted by molar-refractivity contribution is 6.04. The first kappa shape index (κ1) is 16.2. The molecule has 4 heteroatoms. The van der Waals surface area contributed by atoms with Crippen LogP contribution in [0.3, 0.4) is 0 Å². The number of anilines is 1. The number of amides is 1. The molecule has 1 aliphatic rings. The number of carbonyl (C=O) groups excluding carboxylic acids is 1. The molecular formula is C20H21NO3. The molecule has 0 spiro atoms. The van der Waals surface area contributed by atoms with Crippen molar-refractivity contribution in [2.75, 3.05) is 5.32 Å². The highest BCUT2D eigenvalue weighted by Crippen LogP contribution is 2.36. The molecule has 0 saturated heterocycles. The van der Waals surface area contributed by atoms with Crippen LogP contribution >= 0.6 is 0 Å². The molecule has 1 amide bonds. The minimum absolute atomic E-state index is 0.185. The van der Waals surface area contributed by atoms with Gasteiger partial charge in [0, 0.05) is 11.3 Å². The number of hydrogen-bond donors (Lipinski definition) is 2. The molecule has 0 heterocycles. The van der Waals surface area contributed by atoms with Gasteiger partial charge in [-0.3, -0.25) is 9.59 Å². The zero-order valence-electron chi connectivity index (χ0n) is 13.7. The molecule has 24 heavy (non-hydrogen) atoms. The molecule has 1 fully saturated rings. The third-order valence-corrected chi connectivity index (χ3v) is 4.76. The van der Waals surface area contributed by atoms with E-state index in [-0.39, 0.29) is 5.91 Å². The molecule has 1 atom stereocenters. The van der Waals surface area contributed by atoms with Crippen molar-refractivity contribution in [1.29, 1.82) is 0 Å². The van der Waals surface area contributed by atoms with Gasteiger partial charge in [0.2, 0.25) is 0 Å². The molecule has 1 saturated carbocycles. The molecule has 0 radical (unpaired) electrons. The molecule has 1 aliphatic carbocycles. The first-order valence-electron chi connectivity index (χ1n) is 8.28. The number of aliphatic carboxylic acids is 1. The zero-order valence-corrected chi connectivity index (χ0v) is 13.7. The first-order chi connectivity index (χ1) is 11.5. The number of carbonyl (C=O) groups is 2. The summed E-state index contributed by atoms with van der Waals surface area (Å²) in [7, 11) is 0. The van der Waals surface area contributed by atoms with Crippen LogP contribution in [0.25, 0.3) is 0 Å². The van der Waals surface area contributed by atoms with Crippen LogP contribution in [0, 0.1) is 0 Å². The molecule has 4 nitrogen and oxygen atoms in total. The molecule has 3 rings (SSSR count). The van der Waals surface area contributed by atoms with Crippen molar-refractivity contribution in [3.8, 4) is 0 Å². The maximum absolute atomic E-state index is 12.4. The molecule has 2 N–H and O–H groups in total. The quantitative estimate of drug-likeness (QED) is 0.857. The van der Waals surface area contributed by atoms with Crippen molar-refractivity contribution >= 4 is 17.6 Å². The Balaban J connectivity index is 1.70. The van der Waals surface area contributed by atoms with Crippen LogP contribution in [0.2, 0.25) is 0 Å². The fourth-order valence-electron chi connectivity index (χ4n) is 2.88. The minimum Gasteiger partial charge on any atom is -0.481 e. The molecule has 1 unspecified atom stereocenters. The van der Waals surface area contributed by atoms with Crippen LogP contribution in [-0.2, 0) is 4.79 Å². The number of carboxylic acid groups (broad SMARTS) is 1. The van der Waals surface area contributed by atoms with Crippen LogP contribution in [0.15, 0.2) is 48.5 Å². The topological polar surface area (TPSA) is 66.4 Å². The number of benzene rings is 2. The van der Waals surface area contributed by atoms with E-state index in [0.29, 0.717) is 22.7 Å². The molecule has 0 aliphatic heterocycles. The van der Waals surface area contributed by atoms with E-state index in [1.54, 1.807) is 31.2 Å². The van der Waals surface area contributed by atoms with Gasteiger partial charge in [-0.05, 0) is 61.1 Å². The van der Waals surface area contributed by atoms with E-state index in [9.17, 15) is 9.59 Å². The lowest BCUT2D eigenvalue weighted by molar-refractivity contribution is -0.138. The SMILES string of the molecule is CC(C(=O)O)c1cccc(NC(=O)c2ccc(C3CCC3)cc2)c1. The van der Waals surface area contributed by atoms with Crippen LogP contribution in [0.4, 0.5) is 5.69 Å². The van der Waals surface area contributed by atoms with E-state index in [0.717, 1.165) is 0 Å². The summed E-state index contributed by atoms with van der Waals surface area (Å²) in [5, 5.41) is 11.9. The Morgan fingerprint density at radius 2 is 1.83 bits per heavy atom. The Bertz CT molecular complexity index is 748. The standard InChI is InChI=1S/C20H21NO3/c1-13(20(23)24)17-6-3-7-18(12-17)21-19(22)16-10-8-15(9-11-16)14-4-2-5-14/h3,6-14H,2,4-5H2,1H3,(H,21,22)(H,23,24). The molecule has 0 bridgehead atoms. The molecule has 124 valence electrons. The highest BCUT2D eigenvalue weighted by atomic mass is 16.4. The van der Waals surface area contributed by atoms with E-state index >= 15 is 0 Å². The predicted octanol–water partition coefficient (Wildman–Crippen LogP) is 4.39. The van der Waals surface area contributed by atoms with Gasteiger partial charge in [0.05, 0.1) is 5.92 Å². The Morgan fingerprint density at radius 3 is 2.42 bits per heavy atom. The second-order valence-corrected chi connectivity index (χ2v) is 6.39. The number of carboxylic acids is 1. The van der Waals surface area contributed by atoms with E-state index in [1.165, 1.54) is 24.8 Å². The largest absolute Gasteiger partial charge is 0.481 e. The normalized spacial score (nSPS) is 15.4. The van der Waals surface area contributed by atoms with Gasteiger partial charge in [0.1, 0.15) is 0 Å². The Labute approximate surface area is 141 Å². The van der Waals surface area contributed by atoms with E-state index < -0.39 is 11.9 Å². The van der Waals surface area contributed by atoms with E-state index in [2.05, 4.69) is 5.32 Å². The van der Waals surface area contributed by atoms with Crippen molar-refractivity contribution in [2.45, 2.75) is 38.0 Å². The summed E-state index contributed by atoms with van der Waals surface area (Å²) in [4.78, 5) is 23.5. The van der Waals surface area contributed by atoms with Gasteiger partial charge < -0.3 is 10.4 Å². The van der Waals surface area contributed by atoms with Crippen molar-refractivity contribution in [3.63, 3.8) is 0 Å². The molecule has 0 aromatic heterocycles. The second kappa shape index (κ2) is 6.87. The number of hydrogen-bond acceptors (Lipinski definition) is 2. The maximum Gasteiger partial charge on any atom is 0.310 e. The summed E-state index contributed by atoms with van der Waals surface area (Å²) in [5.74, 6) is -1.03. The summed E-state index contributed by atoms with van der Waals surface area (Å²) < 4.78 is 0. The van der Waals surface area contributed by atoms with E-state index in [1.807, 2.05) is 24.3 Å². The summed E-state index contributed by atoms with van der Waals surface area (Å²) in [6.45, 7) is 1.63. The van der Waals surface area contributed by atoms with Gasteiger partial charge in [-0.25, -0.2) is 0 Å². The Kier molecular flexibility index (Phi) is 4.65. The minimum atomic E-state index is -0.884. The lowest BCUT2D eigenvalue weighted by atomic mass is 9.80. The average molecular weight is 323 g/mol. The molecular weight excluding hydrogens is 302 g/mol. The summed E-state index contributed by atoms with van der Waals surface area (Å²) in [6, 6.07) is 14.7. The lowest BCUT2D eigenvalue weighted by Crippen LogP contribution is -2.14. The second-order valence-electron chi connectivity index (χ2n) is 6.39. The van der Waals surface area contributed by atoms with E-state index in [4.69, 9.17) is 5.11 Å². The van der Waals surface area contributed by atoms with Gasteiger partial charge in [-0.1, -0.05) is 30.7 Å². The highest BCUT2D eigenvalue weighted by Gasteiger charge is 2.19. The molecule has 2 aromatic rings. The predicted molar refractivity (Wildman–Crippen MR) is 93.5 cm³/mol. The zero-order chi connectivity index (χ0) is 17.1. The van der Waals surface area contributed by atoms with Gasteiger partial charge >= 0.3 is 5.97 Å². The van der Waals surface area contributed by atoms with Crippen LogP contribution in [-0.4, -0.2) is 17.0 Å². The monoisotopic (exact) mass is 323 g/mol. The van der Waals surface area contributed by atoms with Gasteiger partial charge in [-0.2, -0.15) is 0 Å². The molecule has 2 aromatic carbocycles. The fourth-order valence-corrected chi connectivity index (χ4v) is 2.88. The van der Waals surface area contributed by atoms with Crippen LogP contribution in [0.1, 0.15) is 59.5 Å². The first-order valence-corrected chi connectivity index (χ1v) is 8.28. The van der Waals surface area contributed by atoms with Gasteiger partial charge in [0.25, 0.3) is 5.91 Å². The number of nitrogens with one attached hydrogen (secondary N) is 1. The lowest BCUT2D eigenvalue weighted by Gasteiger charge is -2.25. The smallest absolute Gasteiger partial charge is 0.310 e. The number of rotatable bonds is 5.